The lowest BCUT2D eigenvalue weighted by Gasteiger charge is -2.41. The first-order chi connectivity index (χ1) is 12.8. The second kappa shape index (κ2) is 7.76. The zero-order valence-corrected chi connectivity index (χ0v) is 16.6. The van der Waals surface area contributed by atoms with Crippen molar-refractivity contribution in [1.29, 1.82) is 0 Å². The van der Waals surface area contributed by atoms with Crippen LogP contribution in [-0.4, -0.2) is 73.6 Å². The van der Waals surface area contributed by atoms with Crippen LogP contribution in [0.4, 0.5) is 0 Å². The number of piperidine rings is 1. The van der Waals surface area contributed by atoms with E-state index in [9.17, 15) is 9.59 Å². The molecule has 7 nitrogen and oxygen atoms in total. The third kappa shape index (κ3) is 4.35. The molecule has 148 valence electrons. The minimum atomic E-state index is -0.488. The molecule has 0 atom stereocenters. The Labute approximate surface area is 160 Å². The molecule has 1 N–H and O–H groups in total. The van der Waals surface area contributed by atoms with Crippen LogP contribution >= 0.6 is 0 Å². The summed E-state index contributed by atoms with van der Waals surface area (Å²) in [6.07, 6.45) is 1.60. The highest BCUT2D eigenvalue weighted by Gasteiger charge is 2.43. The quantitative estimate of drug-likeness (QED) is 0.864. The van der Waals surface area contributed by atoms with Gasteiger partial charge < -0.3 is 24.6 Å². The Hall–Kier alpha value is -2.28. The second-order valence-corrected chi connectivity index (χ2v) is 7.83. The standard InChI is InChI=1S/C20H29N3O4/c1-14(2)21-18(24)12-23-13-20(7-9-22(3)10-8-20)27-17-11-15(26-4)5-6-16(17)19(23)25/h5-6,11,14H,7-10,12-13H2,1-4H3,(H,21,24). The molecule has 2 aliphatic rings. The van der Waals surface area contributed by atoms with Crippen molar-refractivity contribution < 1.29 is 19.1 Å². The Morgan fingerprint density at radius 3 is 2.67 bits per heavy atom. The van der Waals surface area contributed by atoms with E-state index < -0.39 is 5.60 Å². The van der Waals surface area contributed by atoms with E-state index >= 15 is 0 Å². The van der Waals surface area contributed by atoms with Crippen molar-refractivity contribution in [2.75, 3.05) is 40.3 Å². The molecule has 2 amide bonds. The van der Waals surface area contributed by atoms with E-state index in [0.717, 1.165) is 25.9 Å². The number of likely N-dealkylation sites (tertiary alicyclic amines) is 1. The van der Waals surface area contributed by atoms with Crippen molar-refractivity contribution >= 4 is 11.8 Å². The molecule has 0 aliphatic carbocycles. The summed E-state index contributed by atoms with van der Waals surface area (Å²) in [4.78, 5) is 29.4. The van der Waals surface area contributed by atoms with Gasteiger partial charge in [-0.1, -0.05) is 0 Å². The van der Waals surface area contributed by atoms with E-state index in [4.69, 9.17) is 9.47 Å². The van der Waals surface area contributed by atoms with Gasteiger partial charge in [-0.15, -0.1) is 0 Å². The lowest BCUT2D eigenvalue weighted by molar-refractivity contribution is -0.122. The summed E-state index contributed by atoms with van der Waals surface area (Å²) in [6.45, 7) is 6.03. The first-order valence-corrected chi connectivity index (χ1v) is 9.46. The van der Waals surface area contributed by atoms with Gasteiger partial charge in [0.05, 0.1) is 19.2 Å². The number of methoxy groups -OCH3 is 1. The van der Waals surface area contributed by atoms with Gasteiger partial charge in [-0.2, -0.15) is 0 Å². The number of carbonyl (C=O) groups is 2. The zero-order valence-electron chi connectivity index (χ0n) is 16.6. The Morgan fingerprint density at radius 2 is 2.04 bits per heavy atom. The van der Waals surface area contributed by atoms with E-state index in [-0.39, 0.29) is 24.4 Å². The maximum Gasteiger partial charge on any atom is 0.258 e. The van der Waals surface area contributed by atoms with E-state index in [0.29, 0.717) is 23.6 Å². The Morgan fingerprint density at radius 1 is 1.33 bits per heavy atom. The summed E-state index contributed by atoms with van der Waals surface area (Å²) in [5, 5.41) is 2.87. The molecule has 27 heavy (non-hydrogen) atoms. The Bertz CT molecular complexity index is 711. The fourth-order valence-electron chi connectivity index (χ4n) is 3.70. The second-order valence-electron chi connectivity index (χ2n) is 7.83. The molecule has 1 fully saturated rings. The average molecular weight is 375 g/mol. The highest BCUT2D eigenvalue weighted by atomic mass is 16.5. The van der Waals surface area contributed by atoms with Crippen LogP contribution in [0.25, 0.3) is 0 Å². The number of nitrogens with zero attached hydrogens (tertiary/aromatic N) is 2. The molecule has 2 aliphatic heterocycles. The van der Waals surface area contributed by atoms with Crippen molar-refractivity contribution in [2.24, 2.45) is 0 Å². The molecular weight excluding hydrogens is 346 g/mol. The number of carbonyl (C=O) groups excluding carboxylic acids is 2. The molecule has 1 aromatic rings. The summed E-state index contributed by atoms with van der Waals surface area (Å²) < 4.78 is 11.7. The van der Waals surface area contributed by atoms with Crippen LogP contribution in [0.2, 0.25) is 0 Å². The lowest BCUT2D eigenvalue weighted by Crippen LogP contribution is -2.55. The van der Waals surface area contributed by atoms with Crippen LogP contribution in [0.15, 0.2) is 18.2 Å². The van der Waals surface area contributed by atoms with Crippen molar-refractivity contribution in [3.05, 3.63) is 23.8 Å². The van der Waals surface area contributed by atoms with Crippen LogP contribution in [0.3, 0.4) is 0 Å². The van der Waals surface area contributed by atoms with Gasteiger partial charge in [0.15, 0.2) is 0 Å². The monoisotopic (exact) mass is 375 g/mol. The molecule has 0 saturated carbocycles. The first kappa shape index (κ1) is 19.5. The van der Waals surface area contributed by atoms with E-state index in [2.05, 4.69) is 17.3 Å². The first-order valence-electron chi connectivity index (χ1n) is 9.46. The third-order valence-electron chi connectivity index (χ3n) is 5.19. The molecule has 1 aromatic carbocycles. The third-order valence-corrected chi connectivity index (χ3v) is 5.19. The van der Waals surface area contributed by atoms with Gasteiger partial charge in [-0.05, 0) is 33.0 Å². The number of amides is 2. The van der Waals surface area contributed by atoms with Crippen LogP contribution < -0.4 is 14.8 Å². The summed E-state index contributed by atoms with van der Waals surface area (Å²) in [7, 11) is 3.67. The van der Waals surface area contributed by atoms with E-state index in [1.165, 1.54) is 0 Å². The SMILES string of the molecule is COc1ccc2c(c1)OC1(CCN(C)CC1)CN(CC(=O)NC(C)C)C2=O. The molecule has 1 saturated heterocycles. The van der Waals surface area contributed by atoms with Gasteiger partial charge >= 0.3 is 0 Å². The molecule has 3 rings (SSSR count). The highest BCUT2D eigenvalue weighted by molar-refractivity contribution is 5.99. The smallest absolute Gasteiger partial charge is 0.258 e. The van der Waals surface area contributed by atoms with Gasteiger partial charge in [-0.3, -0.25) is 9.59 Å². The van der Waals surface area contributed by atoms with Gasteiger partial charge in [0.1, 0.15) is 23.6 Å². The van der Waals surface area contributed by atoms with Crippen LogP contribution in [-0.2, 0) is 4.79 Å². The maximum absolute atomic E-state index is 13.2. The predicted octanol–water partition coefficient (Wildman–Crippen LogP) is 1.52. The maximum atomic E-state index is 13.2. The van der Waals surface area contributed by atoms with E-state index in [1.54, 1.807) is 30.2 Å². The molecule has 7 heteroatoms. The van der Waals surface area contributed by atoms with Gasteiger partial charge in [0, 0.05) is 38.0 Å². The molecule has 0 bridgehead atoms. The normalized spacial score (nSPS) is 19.4. The number of benzene rings is 1. The number of fused-ring (bicyclic) bond motifs is 1. The average Bonchev–Trinajstić information content (AvgIpc) is 2.72. The Kier molecular flexibility index (Phi) is 5.60. The van der Waals surface area contributed by atoms with Gasteiger partial charge in [-0.25, -0.2) is 0 Å². The topological polar surface area (TPSA) is 71.1 Å². The number of hydrogen-bond acceptors (Lipinski definition) is 5. The fourth-order valence-corrected chi connectivity index (χ4v) is 3.70. The van der Waals surface area contributed by atoms with Gasteiger partial charge in [0.25, 0.3) is 5.91 Å². The van der Waals surface area contributed by atoms with E-state index in [1.807, 2.05) is 13.8 Å². The minimum Gasteiger partial charge on any atom is -0.497 e. The minimum absolute atomic E-state index is 0.0312. The highest BCUT2D eigenvalue weighted by Crippen LogP contribution is 2.37. The number of rotatable bonds is 4. The van der Waals surface area contributed by atoms with Crippen LogP contribution in [0.1, 0.15) is 37.0 Å². The van der Waals surface area contributed by atoms with Crippen LogP contribution in [0, 0.1) is 0 Å². The molecule has 0 aromatic heterocycles. The Balaban J connectivity index is 1.94. The largest absolute Gasteiger partial charge is 0.497 e. The lowest BCUT2D eigenvalue weighted by atomic mass is 9.90. The number of nitrogens with one attached hydrogen (secondary N) is 1. The molecule has 0 radical (unpaired) electrons. The van der Waals surface area contributed by atoms with Crippen LogP contribution in [0.5, 0.6) is 11.5 Å². The fraction of sp³-hybridized carbons (Fsp3) is 0.600. The number of hydrogen-bond donors (Lipinski definition) is 1. The molecule has 2 heterocycles. The van der Waals surface area contributed by atoms with Gasteiger partial charge in [0.2, 0.25) is 5.91 Å². The summed E-state index contributed by atoms with van der Waals surface area (Å²) in [5.41, 5.74) is -0.0123. The molecule has 1 spiro atoms. The summed E-state index contributed by atoms with van der Waals surface area (Å²) >= 11 is 0. The van der Waals surface area contributed by atoms with Crippen molar-refractivity contribution in [3.63, 3.8) is 0 Å². The number of ether oxygens (including phenoxy) is 2. The summed E-state index contributed by atoms with van der Waals surface area (Å²) in [5.74, 6) is 0.854. The zero-order chi connectivity index (χ0) is 19.6. The molecular formula is C20H29N3O4. The predicted molar refractivity (Wildman–Crippen MR) is 102 cm³/mol. The molecule has 0 unspecified atom stereocenters. The van der Waals surface area contributed by atoms with Crippen molar-refractivity contribution in [3.8, 4) is 11.5 Å². The summed E-state index contributed by atoms with van der Waals surface area (Å²) in [6, 6.07) is 5.27. The van der Waals surface area contributed by atoms with Crippen molar-refractivity contribution in [2.45, 2.75) is 38.3 Å². The van der Waals surface area contributed by atoms with Crippen molar-refractivity contribution in [1.82, 2.24) is 15.1 Å².